The van der Waals surface area contributed by atoms with E-state index in [-0.39, 0.29) is 24.9 Å². The van der Waals surface area contributed by atoms with Gasteiger partial charge in [0.1, 0.15) is 0 Å². The fraction of sp³-hybridized carbons (Fsp3) is 0.300. The van der Waals surface area contributed by atoms with Gasteiger partial charge in [0.25, 0.3) is 0 Å². The standard InChI is InChI=1S/C10H11N3O2/c1-7-2-3-11-4-8(7)13-5-9(14)12-10(15)6-13/h2-4H,5-6H2,1H3,(H,12,14,15). The van der Waals surface area contributed by atoms with Crippen LogP contribution in [-0.2, 0) is 9.59 Å². The number of hydrogen-bond acceptors (Lipinski definition) is 4. The summed E-state index contributed by atoms with van der Waals surface area (Å²) < 4.78 is 0. The van der Waals surface area contributed by atoms with Crippen molar-refractivity contribution < 1.29 is 9.59 Å². The smallest absolute Gasteiger partial charge is 0.246 e. The molecule has 0 unspecified atom stereocenters. The molecule has 0 atom stereocenters. The van der Waals surface area contributed by atoms with Crippen LogP contribution in [0.25, 0.3) is 0 Å². The van der Waals surface area contributed by atoms with Crippen molar-refractivity contribution in [1.82, 2.24) is 10.3 Å². The van der Waals surface area contributed by atoms with Gasteiger partial charge in [0.05, 0.1) is 25.0 Å². The van der Waals surface area contributed by atoms with Gasteiger partial charge in [0.2, 0.25) is 11.8 Å². The van der Waals surface area contributed by atoms with Gasteiger partial charge in [-0.1, -0.05) is 0 Å². The summed E-state index contributed by atoms with van der Waals surface area (Å²) in [5.41, 5.74) is 1.84. The molecule has 0 aromatic carbocycles. The molecule has 0 saturated carbocycles. The molecule has 1 saturated heterocycles. The van der Waals surface area contributed by atoms with Crippen molar-refractivity contribution >= 4 is 17.5 Å². The van der Waals surface area contributed by atoms with Gasteiger partial charge in [-0.25, -0.2) is 0 Å². The van der Waals surface area contributed by atoms with Crippen molar-refractivity contribution in [3.05, 3.63) is 24.0 Å². The Morgan fingerprint density at radius 3 is 2.60 bits per heavy atom. The summed E-state index contributed by atoms with van der Waals surface area (Å²) in [4.78, 5) is 28.1. The van der Waals surface area contributed by atoms with Crippen molar-refractivity contribution in [3.63, 3.8) is 0 Å². The zero-order valence-corrected chi connectivity index (χ0v) is 8.36. The number of aromatic nitrogens is 1. The summed E-state index contributed by atoms with van der Waals surface area (Å²) in [5.74, 6) is -0.538. The van der Waals surface area contributed by atoms with Crippen molar-refractivity contribution in [2.75, 3.05) is 18.0 Å². The largest absolute Gasteiger partial charge is 0.351 e. The number of carbonyl (C=O) groups is 2. The highest BCUT2D eigenvalue weighted by Crippen LogP contribution is 2.18. The van der Waals surface area contributed by atoms with E-state index in [1.807, 2.05) is 13.0 Å². The molecule has 0 bridgehead atoms. The summed E-state index contributed by atoms with van der Waals surface area (Å²) >= 11 is 0. The van der Waals surface area contributed by atoms with E-state index in [0.29, 0.717) is 0 Å². The molecule has 0 aliphatic carbocycles. The van der Waals surface area contributed by atoms with Gasteiger partial charge in [-0.15, -0.1) is 0 Å². The van der Waals surface area contributed by atoms with Crippen LogP contribution in [0.3, 0.4) is 0 Å². The Labute approximate surface area is 87.1 Å². The molecule has 15 heavy (non-hydrogen) atoms. The molecule has 0 spiro atoms. The maximum absolute atomic E-state index is 11.2. The van der Waals surface area contributed by atoms with Crippen LogP contribution in [0.15, 0.2) is 18.5 Å². The van der Waals surface area contributed by atoms with Gasteiger partial charge >= 0.3 is 0 Å². The van der Waals surface area contributed by atoms with E-state index in [1.165, 1.54) is 0 Å². The zero-order valence-electron chi connectivity index (χ0n) is 8.36. The molecule has 5 nitrogen and oxygen atoms in total. The number of nitrogens with zero attached hydrogens (tertiary/aromatic N) is 2. The zero-order chi connectivity index (χ0) is 10.8. The molecule has 1 N–H and O–H groups in total. The molecule has 1 aromatic rings. The molecule has 1 fully saturated rings. The van der Waals surface area contributed by atoms with Crippen LogP contribution in [0.2, 0.25) is 0 Å². The summed E-state index contributed by atoms with van der Waals surface area (Å²) in [5, 5.41) is 2.26. The summed E-state index contributed by atoms with van der Waals surface area (Å²) in [6, 6.07) is 1.85. The number of piperazine rings is 1. The van der Waals surface area contributed by atoms with Gasteiger partial charge in [-0.05, 0) is 18.6 Å². The minimum absolute atomic E-state index is 0.207. The summed E-state index contributed by atoms with van der Waals surface area (Å²) in [6.45, 7) is 2.34. The fourth-order valence-electron chi connectivity index (χ4n) is 1.59. The van der Waals surface area contributed by atoms with Crippen LogP contribution in [0.1, 0.15) is 5.56 Å². The maximum Gasteiger partial charge on any atom is 0.246 e. The monoisotopic (exact) mass is 205 g/mol. The summed E-state index contributed by atoms with van der Waals surface area (Å²) in [6.07, 6.45) is 3.35. The lowest BCUT2D eigenvalue weighted by Gasteiger charge is -2.28. The molecule has 1 aliphatic heterocycles. The van der Waals surface area contributed by atoms with Gasteiger partial charge in [0, 0.05) is 6.20 Å². The number of pyridine rings is 1. The topological polar surface area (TPSA) is 62.3 Å². The normalized spacial score (nSPS) is 16.5. The van der Waals surface area contributed by atoms with E-state index in [2.05, 4.69) is 10.3 Å². The highest BCUT2D eigenvalue weighted by molar-refractivity contribution is 6.02. The average Bonchev–Trinajstić information content (AvgIpc) is 2.16. The molecule has 5 heteroatoms. The molecule has 1 aromatic heterocycles. The third kappa shape index (κ3) is 1.96. The van der Waals surface area contributed by atoms with Gasteiger partial charge in [0.15, 0.2) is 0 Å². The van der Waals surface area contributed by atoms with Gasteiger partial charge in [-0.2, -0.15) is 0 Å². The predicted molar refractivity (Wildman–Crippen MR) is 54.3 cm³/mol. The fourth-order valence-corrected chi connectivity index (χ4v) is 1.59. The Hall–Kier alpha value is -1.91. The van der Waals surface area contributed by atoms with Crippen molar-refractivity contribution in [2.24, 2.45) is 0 Å². The second-order valence-corrected chi connectivity index (χ2v) is 3.49. The number of rotatable bonds is 1. The Morgan fingerprint density at radius 1 is 1.33 bits per heavy atom. The highest BCUT2D eigenvalue weighted by atomic mass is 16.2. The number of amides is 2. The molecule has 1 aliphatic rings. The van der Waals surface area contributed by atoms with E-state index in [1.54, 1.807) is 17.3 Å². The van der Waals surface area contributed by atoms with Gasteiger partial charge < -0.3 is 4.90 Å². The van der Waals surface area contributed by atoms with E-state index in [4.69, 9.17) is 0 Å². The number of hydrogen-bond donors (Lipinski definition) is 1. The molecule has 78 valence electrons. The van der Waals surface area contributed by atoms with Crippen molar-refractivity contribution in [2.45, 2.75) is 6.92 Å². The van der Waals surface area contributed by atoms with E-state index < -0.39 is 0 Å². The first kappa shape index (κ1) is 9.64. The first-order valence-electron chi connectivity index (χ1n) is 4.65. The third-order valence-electron chi connectivity index (χ3n) is 2.30. The first-order valence-corrected chi connectivity index (χ1v) is 4.65. The Morgan fingerprint density at radius 2 is 2.00 bits per heavy atom. The minimum atomic E-state index is -0.269. The second-order valence-electron chi connectivity index (χ2n) is 3.49. The molecule has 0 radical (unpaired) electrons. The molecule has 2 heterocycles. The molecular formula is C10H11N3O2. The quantitative estimate of drug-likeness (QED) is 0.648. The van der Waals surface area contributed by atoms with Gasteiger partial charge in [-0.3, -0.25) is 19.9 Å². The number of nitrogens with one attached hydrogen (secondary N) is 1. The van der Waals surface area contributed by atoms with E-state index in [0.717, 1.165) is 11.3 Å². The van der Waals surface area contributed by atoms with Crippen molar-refractivity contribution in [1.29, 1.82) is 0 Å². The lowest BCUT2D eigenvalue weighted by atomic mass is 10.2. The van der Waals surface area contributed by atoms with E-state index in [9.17, 15) is 9.59 Å². The Bertz CT molecular complexity index is 401. The number of imide groups is 1. The summed E-state index contributed by atoms with van der Waals surface area (Å²) in [7, 11) is 0. The average molecular weight is 205 g/mol. The van der Waals surface area contributed by atoms with E-state index >= 15 is 0 Å². The van der Waals surface area contributed by atoms with Crippen LogP contribution in [-0.4, -0.2) is 29.9 Å². The van der Waals surface area contributed by atoms with Crippen LogP contribution >= 0.6 is 0 Å². The number of carbonyl (C=O) groups excluding carboxylic acids is 2. The third-order valence-corrected chi connectivity index (χ3v) is 2.30. The number of anilines is 1. The van der Waals surface area contributed by atoms with Crippen molar-refractivity contribution in [3.8, 4) is 0 Å². The molecule has 2 amide bonds. The minimum Gasteiger partial charge on any atom is -0.351 e. The lowest BCUT2D eigenvalue weighted by Crippen LogP contribution is -2.51. The first-order chi connectivity index (χ1) is 7.16. The van der Waals surface area contributed by atoms with Crippen LogP contribution in [0.5, 0.6) is 0 Å². The Balaban J connectivity index is 2.27. The highest BCUT2D eigenvalue weighted by Gasteiger charge is 2.23. The molecular weight excluding hydrogens is 194 g/mol. The predicted octanol–water partition coefficient (Wildman–Crippen LogP) is -0.147. The Kier molecular flexibility index (Phi) is 2.37. The maximum atomic E-state index is 11.2. The van der Waals surface area contributed by atoms with Crippen LogP contribution in [0, 0.1) is 6.92 Å². The lowest BCUT2D eigenvalue weighted by molar-refractivity contribution is -0.130. The SMILES string of the molecule is Cc1ccncc1N1CC(=O)NC(=O)C1. The number of aryl methyl sites for hydroxylation is 1. The molecule has 2 rings (SSSR count). The van der Waals surface area contributed by atoms with Crippen LogP contribution < -0.4 is 10.2 Å². The second kappa shape index (κ2) is 3.68. The van der Waals surface area contributed by atoms with Crippen LogP contribution in [0.4, 0.5) is 5.69 Å².